The van der Waals surface area contributed by atoms with Gasteiger partial charge in [0.1, 0.15) is 5.76 Å². The number of nitrogens with one attached hydrogen (secondary N) is 2. The highest BCUT2D eigenvalue weighted by Gasteiger charge is 2.15. The maximum absolute atomic E-state index is 5.81. The Morgan fingerprint density at radius 1 is 1.07 bits per heavy atom. The van der Waals surface area contributed by atoms with Crippen molar-refractivity contribution in [1.82, 2.24) is 10.6 Å². The smallest absolute Gasteiger partial charge is 0.191 e. The van der Waals surface area contributed by atoms with Crippen LogP contribution in [0.3, 0.4) is 0 Å². The summed E-state index contributed by atoms with van der Waals surface area (Å²) >= 11 is 0. The van der Waals surface area contributed by atoms with E-state index in [2.05, 4.69) is 34.9 Å². The third-order valence-corrected chi connectivity index (χ3v) is 4.61. The molecule has 1 aliphatic heterocycles. The van der Waals surface area contributed by atoms with Crippen molar-refractivity contribution in [3.8, 4) is 0 Å². The Morgan fingerprint density at radius 3 is 2.62 bits per heavy atom. The van der Waals surface area contributed by atoms with Crippen molar-refractivity contribution < 1.29 is 13.9 Å². The maximum atomic E-state index is 5.81. The standard InChI is InChI=1S/C22H31N3O3.HI/c1-2-6-19(7-3-1)9-13-24-22(25-14-10-20-8-4-15-27-20)23-12-5-16-28-21-11-17-26-18-21;/h1-4,6-8,15,21H,5,9-14,16-18H2,(H2,23,24,25);1H. The Labute approximate surface area is 190 Å². The third-order valence-electron chi connectivity index (χ3n) is 4.61. The fourth-order valence-electron chi connectivity index (χ4n) is 3.05. The number of benzene rings is 1. The van der Waals surface area contributed by atoms with E-state index in [1.807, 2.05) is 18.2 Å². The molecule has 160 valence electrons. The number of rotatable bonds is 11. The number of ether oxygens (including phenoxy) is 2. The van der Waals surface area contributed by atoms with E-state index in [4.69, 9.17) is 18.9 Å². The van der Waals surface area contributed by atoms with Gasteiger partial charge in [-0.1, -0.05) is 30.3 Å². The van der Waals surface area contributed by atoms with E-state index in [-0.39, 0.29) is 30.1 Å². The molecule has 1 unspecified atom stereocenters. The average molecular weight is 513 g/mol. The lowest BCUT2D eigenvalue weighted by Crippen LogP contribution is -2.39. The molecule has 1 aromatic heterocycles. The first kappa shape index (κ1) is 23.7. The minimum atomic E-state index is 0. The van der Waals surface area contributed by atoms with Gasteiger partial charge in [-0.3, -0.25) is 4.99 Å². The first-order valence-corrected chi connectivity index (χ1v) is 10.2. The number of aliphatic imine (C=N–C) groups is 1. The number of furan rings is 1. The Kier molecular flexibility index (Phi) is 11.8. The van der Waals surface area contributed by atoms with E-state index in [0.717, 1.165) is 76.9 Å². The topological polar surface area (TPSA) is 68.0 Å². The quantitative estimate of drug-likeness (QED) is 0.209. The molecule has 29 heavy (non-hydrogen) atoms. The van der Waals surface area contributed by atoms with E-state index in [0.29, 0.717) is 0 Å². The van der Waals surface area contributed by atoms with Crippen LogP contribution in [0.5, 0.6) is 0 Å². The lowest BCUT2D eigenvalue weighted by atomic mass is 10.1. The van der Waals surface area contributed by atoms with Gasteiger partial charge in [-0.05, 0) is 37.0 Å². The van der Waals surface area contributed by atoms with E-state index in [9.17, 15) is 0 Å². The van der Waals surface area contributed by atoms with Crippen molar-refractivity contribution in [3.63, 3.8) is 0 Å². The Morgan fingerprint density at radius 2 is 1.90 bits per heavy atom. The molecular formula is C22H32IN3O3. The number of hydrogen-bond acceptors (Lipinski definition) is 4. The van der Waals surface area contributed by atoms with Crippen molar-refractivity contribution in [2.45, 2.75) is 31.8 Å². The third kappa shape index (κ3) is 9.64. The van der Waals surface area contributed by atoms with Gasteiger partial charge in [0.05, 0.1) is 19.0 Å². The first-order valence-electron chi connectivity index (χ1n) is 10.2. The van der Waals surface area contributed by atoms with Gasteiger partial charge >= 0.3 is 0 Å². The van der Waals surface area contributed by atoms with E-state index >= 15 is 0 Å². The monoisotopic (exact) mass is 513 g/mol. The van der Waals surface area contributed by atoms with Crippen LogP contribution >= 0.6 is 24.0 Å². The van der Waals surface area contributed by atoms with E-state index in [1.165, 1.54) is 5.56 Å². The maximum Gasteiger partial charge on any atom is 0.191 e. The SMILES string of the molecule is I.c1ccc(CCNC(=NCCCOC2CCOC2)NCCc2ccco2)cc1. The number of halogens is 1. The largest absolute Gasteiger partial charge is 0.469 e. The molecule has 0 radical (unpaired) electrons. The summed E-state index contributed by atoms with van der Waals surface area (Å²) in [7, 11) is 0. The second-order valence-corrected chi connectivity index (χ2v) is 6.86. The molecule has 0 amide bonds. The van der Waals surface area contributed by atoms with Crippen LogP contribution in [0.1, 0.15) is 24.2 Å². The van der Waals surface area contributed by atoms with Crippen LogP contribution in [0.4, 0.5) is 0 Å². The minimum Gasteiger partial charge on any atom is -0.469 e. The second-order valence-electron chi connectivity index (χ2n) is 6.86. The molecule has 1 fully saturated rings. The summed E-state index contributed by atoms with van der Waals surface area (Å²) in [6.45, 7) is 4.62. The van der Waals surface area contributed by atoms with Gasteiger partial charge in [0, 0.05) is 39.3 Å². The second kappa shape index (κ2) is 14.4. The highest BCUT2D eigenvalue weighted by molar-refractivity contribution is 14.0. The molecule has 3 rings (SSSR count). The predicted molar refractivity (Wildman–Crippen MR) is 126 cm³/mol. The van der Waals surface area contributed by atoms with E-state index < -0.39 is 0 Å². The molecule has 2 aromatic rings. The Balaban J connectivity index is 0.00000300. The first-order chi connectivity index (χ1) is 13.9. The number of hydrogen-bond donors (Lipinski definition) is 2. The van der Waals surface area contributed by atoms with Crippen LogP contribution in [0.25, 0.3) is 0 Å². The molecule has 0 aliphatic carbocycles. The Bertz CT molecular complexity index is 674. The summed E-state index contributed by atoms with van der Waals surface area (Å²) in [5, 5.41) is 6.82. The highest BCUT2D eigenvalue weighted by atomic mass is 127. The Hall–Kier alpha value is -1.58. The van der Waals surface area contributed by atoms with Crippen LogP contribution in [-0.2, 0) is 22.3 Å². The summed E-state index contributed by atoms with van der Waals surface area (Å²) in [6, 6.07) is 14.4. The summed E-state index contributed by atoms with van der Waals surface area (Å²) < 4.78 is 16.5. The molecule has 1 aromatic carbocycles. The van der Waals surface area contributed by atoms with Gasteiger partial charge in [0.2, 0.25) is 0 Å². The molecule has 1 aliphatic rings. The van der Waals surface area contributed by atoms with Gasteiger partial charge < -0.3 is 24.5 Å². The average Bonchev–Trinajstić information content (AvgIpc) is 3.42. The van der Waals surface area contributed by atoms with Gasteiger partial charge in [-0.15, -0.1) is 24.0 Å². The van der Waals surface area contributed by atoms with Crippen LogP contribution in [0, 0.1) is 0 Å². The lowest BCUT2D eigenvalue weighted by molar-refractivity contribution is 0.0424. The molecule has 1 saturated heterocycles. The summed E-state index contributed by atoms with van der Waals surface area (Å²) in [5.74, 6) is 1.81. The minimum absolute atomic E-state index is 0. The molecule has 0 bridgehead atoms. The predicted octanol–water partition coefficient (Wildman–Crippen LogP) is 3.41. The van der Waals surface area contributed by atoms with Gasteiger partial charge in [0.25, 0.3) is 0 Å². The zero-order chi connectivity index (χ0) is 19.3. The van der Waals surface area contributed by atoms with Crippen LogP contribution < -0.4 is 10.6 Å². The van der Waals surface area contributed by atoms with Crippen molar-refractivity contribution >= 4 is 29.9 Å². The summed E-state index contributed by atoms with van der Waals surface area (Å²) in [6.07, 6.45) is 5.67. The van der Waals surface area contributed by atoms with Gasteiger partial charge in [-0.2, -0.15) is 0 Å². The van der Waals surface area contributed by atoms with Crippen LogP contribution in [0.15, 0.2) is 58.1 Å². The molecule has 0 saturated carbocycles. The molecule has 0 spiro atoms. The van der Waals surface area contributed by atoms with Crippen molar-refractivity contribution in [1.29, 1.82) is 0 Å². The fourth-order valence-corrected chi connectivity index (χ4v) is 3.05. The van der Waals surface area contributed by atoms with Gasteiger partial charge in [0.15, 0.2) is 5.96 Å². The molecular weight excluding hydrogens is 481 g/mol. The highest BCUT2D eigenvalue weighted by Crippen LogP contribution is 2.08. The van der Waals surface area contributed by atoms with Crippen molar-refractivity contribution in [3.05, 3.63) is 60.1 Å². The number of guanidine groups is 1. The fraction of sp³-hybridized carbons (Fsp3) is 0.500. The lowest BCUT2D eigenvalue weighted by Gasteiger charge is -2.13. The molecule has 2 heterocycles. The summed E-state index contributed by atoms with van der Waals surface area (Å²) in [4.78, 5) is 4.69. The number of nitrogens with zero attached hydrogens (tertiary/aromatic N) is 1. The zero-order valence-electron chi connectivity index (χ0n) is 16.8. The van der Waals surface area contributed by atoms with Crippen LogP contribution in [0.2, 0.25) is 0 Å². The van der Waals surface area contributed by atoms with E-state index in [1.54, 1.807) is 6.26 Å². The van der Waals surface area contributed by atoms with Crippen LogP contribution in [-0.4, -0.2) is 51.5 Å². The molecule has 1 atom stereocenters. The molecule has 6 nitrogen and oxygen atoms in total. The normalized spacial score (nSPS) is 16.4. The van der Waals surface area contributed by atoms with Crippen molar-refractivity contribution in [2.75, 3.05) is 39.5 Å². The summed E-state index contributed by atoms with van der Waals surface area (Å²) in [5.41, 5.74) is 1.32. The van der Waals surface area contributed by atoms with Gasteiger partial charge in [-0.25, -0.2) is 0 Å². The van der Waals surface area contributed by atoms with Crippen molar-refractivity contribution in [2.24, 2.45) is 4.99 Å². The molecule has 7 heteroatoms. The zero-order valence-corrected chi connectivity index (χ0v) is 19.2. The molecule has 2 N–H and O–H groups in total.